The van der Waals surface area contributed by atoms with Crippen LogP contribution in [-0.2, 0) is 20.7 Å². The first kappa shape index (κ1) is 24.9. The lowest BCUT2D eigenvalue weighted by Gasteiger charge is -2.29. The van der Waals surface area contributed by atoms with Gasteiger partial charge in [0.05, 0.1) is 12.6 Å². The highest BCUT2D eigenvalue weighted by Crippen LogP contribution is 2.16. The zero-order chi connectivity index (χ0) is 22.2. The summed E-state index contributed by atoms with van der Waals surface area (Å²) in [4.78, 5) is 25.4. The van der Waals surface area contributed by atoms with Crippen LogP contribution in [0.2, 0.25) is 0 Å². The van der Waals surface area contributed by atoms with Gasteiger partial charge >= 0.3 is 12.1 Å². The van der Waals surface area contributed by atoms with E-state index in [-0.39, 0.29) is 12.3 Å². The zero-order valence-corrected chi connectivity index (χ0v) is 17.6. The number of benzene rings is 1. The molecule has 0 aliphatic carbocycles. The van der Waals surface area contributed by atoms with Gasteiger partial charge in [0.25, 0.3) is 0 Å². The van der Waals surface area contributed by atoms with E-state index in [1.165, 1.54) is 0 Å². The first-order valence-electron chi connectivity index (χ1n) is 9.69. The van der Waals surface area contributed by atoms with Crippen LogP contribution >= 0.6 is 0 Å². The second-order valence-corrected chi connectivity index (χ2v) is 8.14. The molecule has 0 aliphatic heterocycles. The summed E-state index contributed by atoms with van der Waals surface area (Å²) in [7, 11) is 0. The Balaban J connectivity index is 2.99. The van der Waals surface area contributed by atoms with Gasteiger partial charge in [-0.2, -0.15) is 13.2 Å². The molecule has 0 fully saturated rings. The van der Waals surface area contributed by atoms with Crippen LogP contribution in [0.15, 0.2) is 30.3 Å². The summed E-state index contributed by atoms with van der Waals surface area (Å²) >= 11 is 0. The molecule has 0 radical (unpaired) electrons. The molecule has 1 aromatic rings. The molecular formula is C21H31F3N2O3. The van der Waals surface area contributed by atoms with Crippen LogP contribution in [0.1, 0.15) is 46.6 Å². The Hall–Kier alpha value is -2.09. The fraction of sp³-hybridized carbons (Fsp3) is 0.619. The molecule has 0 saturated carbocycles. The molecule has 1 amide bonds. The number of alkyl halides is 3. The molecule has 5 nitrogen and oxygen atoms in total. The molecule has 0 aliphatic rings. The van der Waals surface area contributed by atoms with E-state index in [2.05, 4.69) is 10.6 Å². The average Bonchev–Trinajstić information content (AvgIpc) is 2.60. The van der Waals surface area contributed by atoms with Crippen LogP contribution in [0.4, 0.5) is 13.2 Å². The number of hydrogen-bond acceptors (Lipinski definition) is 4. The van der Waals surface area contributed by atoms with Crippen molar-refractivity contribution in [3.05, 3.63) is 35.9 Å². The fourth-order valence-corrected chi connectivity index (χ4v) is 2.63. The molecule has 3 atom stereocenters. The third-order valence-electron chi connectivity index (χ3n) is 4.32. The Morgan fingerprint density at radius 3 is 2.17 bits per heavy atom. The second-order valence-electron chi connectivity index (χ2n) is 8.14. The molecule has 0 bridgehead atoms. The number of rotatable bonds is 9. The number of nitrogens with one attached hydrogen (secondary N) is 2. The molecule has 29 heavy (non-hydrogen) atoms. The summed E-state index contributed by atoms with van der Waals surface area (Å²) in [6, 6.07) is 6.65. The van der Waals surface area contributed by atoms with Crippen LogP contribution in [-0.4, -0.2) is 42.3 Å². The maximum absolute atomic E-state index is 12.8. The van der Waals surface area contributed by atoms with Crippen molar-refractivity contribution in [1.82, 2.24) is 10.6 Å². The summed E-state index contributed by atoms with van der Waals surface area (Å²) in [6.45, 7) is 7.47. The standard InChI is InChI=1S/C21H31F3N2O3/c1-6-14(2)17(19(28)29-20(3,4)5)26-18(27)16(25-13-21(22,23)24)12-15-10-8-7-9-11-15/h7-11,14,16-17,25H,6,12-13H2,1-5H3,(H,26,27)/t14-,16-,17-/m0/s1. The summed E-state index contributed by atoms with van der Waals surface area (Å²) in [6.07, 6.45) is -3.82. The van der Waals surface area contributed by atoms with Gasteiger partial charge in [-0.1, -0.05) is 50.6 Å². The van der Waals surface area contributed by atoms with E-state index in [9.17, 15) is 22.8 Å². The maximum atomic E-state index is 12.8. The highest BCUT2D eigenvalue weighted by atomic mass is 19.4. The van der Waals surface area contributed by atoms with Crippen LogP contribution in [0.25, 0.3) is 0 Å². The average molecular weight is 416 g/mol. The van der Waals surface area contributed by atoms with E-state index in [4.69, 9.17) is 4.74 Å². The van der Waals surface area contributed by atoms with E-state index in [1.807, 2.05) is 6.92 Å². The van der Waals surface area contributed by atoms with Crippen molar-refractivity contribution >= 4 is 11.9 Å². The second kappa shape index (κ2) is 10.6. The van der Waals surface area contributed by atoms with Crippen molar-refractivity contribution in [2.45, 2.75) is 71.3 Å². The minimum atomic E-state index is -4.46. The van der Waals surface area contributed by atoms with Crippen molar-refractivity contribution in [3.63, 3.8) is 0 Å². The molecule has 0 aromatic heterocycles. The molecular weight excluding hydrogens is 385 g/mol. The van der Waals surface area contributed by atoms with Gasteiger partial charge < -0.3 is 10.1 Å². The Labute approximate surface area is 170 Å². The van der Waals surface area contributed by atoms with Crippen molar-refractivity contribution in [2.75, 3.05) is 6.54 Å². The van der Waals surface area contributed by atoms with E-state index < -0.39 is 42.3 Å². The predicted molar refractivity (Wildman–Crippen MR) is 105 cm³/mol. The summed E-state index contributed by atoms with van der Waals surface area (Å²) in [5, 5.41) is 4.87. The third kappa shape index (κ3) is 9.78. The quantitative estimate of drug-likeness (QED) is 0.604. The SMILES string of the molecule is CC[C@H](C)[C@H](NC(=O)[C@H](Cc1ccccc1)NCC(F)(F)F)C(=O)OC(C)(C)C. The van der Waals surface area contributed by atoms with E-state index in [1.54, 1.807) is 58.0 Å². The maximum Gasteiger partial charge on any atom is 0.401 e. The van der Waals surface area contributed by atoms with Gasteiger partial charge in [0.1, 0.15) is 11.6 Å². The van der Waals surface area contributed by atoms with Crippen LogP contribution < -0.4 is 10.6 Å². The number of carbonyl (C=O) groups excluding carboxylic acids is 2. The molecule has 1 rings (SSSR count). The smallest absolute Gasteiger partial charge is 0.401 e. The molecule has 0 spiro atoms. The number of hydrogen-bond donors (Lipinski definition) is 2. The van der Waals surface area contributed by atoms with Crippen molar-refractivity contribution in [3.8, 4) is 0 Å². The largest absolute Gasteiger partial charge is 0.458 e. The number of ether oxygens (including phenoxy) is 1. The molecule has 164 valence electrons. The van der Waals surface area contributed by atoms with Gasteiger partial charge in [0.2, 0.25) is 5.91 Å². The molecule has 0 saturated heterocycles. The normalized spacial score (nSPS) is 15.3. The van der Waals surface area contributed by atoms with Gasteiger partial charge in [-0.15, -0.1) is 0 Å². The van der Waals surface area contributed by atoms with Crippen LogP contribution in [0.5, 0.6) is 0 Å². The van der Waals surface area contributed by atoms with Crippen LogP contribution in [0, 0.1) is 5.92 Å². The molecule has 8 heteroatoms. The third-order valence-corrected chi connectivity index (χ3v) is 4.32. The summed E-state index contributed by atoms with van der Waals surface area (Å²) in [5.41, 5.74) is -0.0365. The first-order chi connectivity index (χ1) is 13.3. The monoisotopic (exact) mass is 416 g/mol. The Morgan fingerprint density at radius 2 is 1.69 bits per heavy atom. The van der Waals surface area contributed by atoms with Gasteiger partial charge in [-0.3, -0.25) is 10.1 Å². The van der Waals surface area contributed by atoms with Crippen molar-refractivity contribution < 1.29 is 27.5 Å². The highest BCUT2D eigenvalue weighted by molar-refractivity contribution is 5.88. The predicted octanol–water partition coefficient (Wildman–Crippen LogP) is 3.62. The van der Waals surface area contributed by atoms with Gasteiger partial charge in [0, 0.05) is 0 Å². The molecule has 0 unspecified atom stereocenters. The van der Waals surface area contributed by atoms with Gasteiger partial charge in [-0.25, -0.2) is 4.79 Å². The van der Waals surface area contributed by atoms with E-state index in [0.29, 0.717) is 12.0 Å². The number of halogens is 3. The topological polar surface area (TPSA) is 67.4 Å². The van der Waals surface area contributed by atoms with E-state index >= 15 is 0 Å². The Kier molecular flexibility index (Phi) is 9.14. The molecule has 2 N–H and O–H groups in total. The minimum absolute atomic E-state index is 0.0598. The first-order valence-corrected chi connectivity index (χ1v) is 9.69. The lowest BCUT2D eigenvalue weighted by molar-refractivity contribution is -0.160. The number of carbonyl (C=O) groups is 2. The Morgan fingerprint density at radius 1 is 1.10 bits per heavy atom. The lowest BCUT2D eigenvalue weighted by Crippen LogP contribution is -2.55. The lowest BCUT2D eigenvalue weighted by atomic mass is 9.97. The van der Waals surface area contributed by atoms with Crippen LogP contribution in [0.3, 0.4) is 0 Å². The molecule has 1 aromatic carbocycles. The number of amides is 1. The fourth-order valence-electron chi connectivity index (χ4n) is 2.63. The summed E-state index contributed by atoms with van der Waals surface area (Å²) < 4.78 is 43.5. The van der Waals surface area contributed by atoms with Gasteiger partial charge in [-0.05, 0) is 38.7 Å². The van der Waals surface area contributed by atoms with E-state index in [0.717, 1.165) is 0 Å². The van der Waals surface area contributed by atoms with Gasteiger partial charge in [0.15, 0.2) is 0 Å². The molecule has 0 heterocycles. The Bertz CT molecular complexity index is 657. The highest BCUT2D eigenvalue weighted by Gasteiger charge is 2.34. The zero-order valence-electron chi connectivity index (χ0n) is 17.6. The minimum Gasteiger partial charge on any atom is -0.458 e. The number of esters is 1. The van der Waals surface area contributed by atoms with Crippen molar-refractivity contribution in [2.24, 2.45) is 5.92 Å². The van der Waals surface area contributed by atoms with Crippen molar-refractivity contribution in [1.29, 1.82) is 0 Å². The summed E-state index contributed by atoms with van der Waals surface area (Å²) in [5.74, 6) is -1.52.